The Labute approximate surface area is 199 Å². The van der Waals surface area contributed by atoms with Gasteiger partial charge in [-0.25, -0.2) is 13.4 Å². The summed E-state index contributed by atoms with van der Waals surface area (Å²) in [6, 6.07) is 14.2. The van der Waals surface area contributed by atoms with Gasteiger partial charge in [0.15, 0.2) is 11.0 Å². The van der Waals surface area contributed by atoms with Crippen LogP contribution in [0.15, 0.2) is 74.0 Å². The number of fused-ring (bicyclic) bond motifs is 1. The van der Waals surface area contributed by atoms with Gasteiger partial charge >= 0.3 is 0 Å². The molecule has 176 valence electrons. The van der Waals surface area contributed by atoms with Crippen LogP contribution in [0.1, 0.15) is 12.7 Å². The normalized spacial score (nSPS) is 12.4. The average Bonchev–Trinajstić information content (AvgIpc) is 3.21. The zero-order valence-corrected chi connectivity index (χ0v) is 20.1. The highest BCUT2D eigenvalue weighted by Gasteiger charge is 2.20. The van der Waals surface area contributed by atoms with Crippen molar-refractivity contribution in [2.75, 3.05) is 10.0 Å². The van der Waals surface area contributed by atoms with Gasteiger partial charge in [-0.1, -0.05) is 29.1 Å². The van der Waals surface area contributed by atoms with E-state index in [4.69, 9.17) is 4.52 Å². The maximum atomic E-state index is 12.7. The number of para-hydroxylation sites is 1. The number of amides is 1. The Balaban J connectivity index is 1.44. The predicted octanol–water partition coefficient (Wildman–Crippen LogP) is 3.15. The molecule has 1 amide bonds. The highest BCUT2D eigenvalue weighted by Crippen LogP contribution is 2.24. The molecule has 0 spiro atoms. The first-order valence-electron chi connectivity index (χ1n) is 10.1. The number of nitrogens with zero attached hydrogens (tertiary/aromatic N) is 3. The molecule has 0 fully saturated rings. The van der Waals surface area contributed by atoms with Crippen LogP contribution in [-0.4, -0.2) is 34.3 Å². The molecule has 34 heavy (non-hydrogen) atoms. The Morgan fingerprint density at radius 3 is 2.53 bits per heavy atom. The van der Waals surface area contributed by atoms with Crippen LogP contribution in [0.2, 0.25) is 0 Å². The van der Waals surface area contributed by atoms with E-state index in [1.54, 1.807) is 45.2 Å². The molecule has 0 bridgehead atoms. The average molecular weight is 500 g/mol. The van der Waals surface area contributed by atoms with Gasteiger partial charge in [-0.2, -0.15) is 0 Å². The largest absolute Gasteiger partial charge is 0.360 e. The van der Waals surface area contributed by atoms with Crippen LogP contribution in [0, 0.1) is 6.92 Å². The van der Waals surface area contributed by atoms with Crippen molar-refractivity contribution in [1.82, 2.24) is 14.7 Å². The van der Waals surface area contributed by atoms with Crippen molar-refractivity contribution in [3.8, 4) is 0 Å². The summed E-state index contributed by atoms with van der Waals surface area (Å²) in [5.74, 6) is 0.235. The summed E-state index contributed by atoms with van der Waals surface area (Å²) in [5, 5.41) is 6.72. The fourth-order valence-electron chi connectivity index (χ4n) is 3.09. The van der Waals surface area contributed by atoms with Gasteiger partial charge in [-0.3, -0.25) is 18.9 Å². The van der Waals surface area contributed by atoms with E-state index >= 15 is 0 Å². The maximum Gasteiger partial charge on any atom is 0.263 e. The number of hydrogen-bond acceptors (Lipinski definition) is 8. The van der Waals surface area contributed by atoms with Crippen LogP contribution in [0.5, 0.6) is 0 Å². The third-order valence-corrected chi connectivity index (χ3v) is 7.41. The number of rotatable bonds is 7. The zero-order valence-electron chi connectivity index (χ0n) is 18.5. The number of nitrogens with one attached hydrogen (secondary N) is 2. The third kappa shape index (κ3) is 4.97. The quantitative estimate of drug-likeness (QED) is 0.292. The lowest BCUT2D eigenvalue weighted by Crippen LogP contribution is -2.25. The summed E-state index contributed by atoms with van der Waals surface area (Å²) in [5.41, 5.74) is 0.799. The van der Waals surface area contributed by atoms with Crippen LogP contribution < -0.4 is 15.6 Å². The molecule has 0 aliphatic heterocycles. The Kier molecular flexibility index (Phi) is 6.44. The molecule has 4 aromatic rings. The van der Waals surface area contributed by atoms with Crippen LogP contribution in [0.4, 0.5) is 11.5 Å². The highest BCUT2D eigenvalue weighted by molar-refractivity contribution is 8.00. The molecular formula is C22H21N5O5S2. The molecule has 0 aliphatic carbocycles. The van der Waals surface area contributed by atoms with Gasteiger partial charge < -0.3 is 9.84 Å². The number of aromatic nitrogens is 3. The lowest BCUT2D eigenvalue weighted by molar-refractivity contribution is -0.115. The molecule has 2 N–H and O–H groups in total. The highest BCUT2D eigenvalue weighted by atomic mass is 32.2. The number of benzene rings is 2. The van der Waals surface area contributed by atoms with E-state index in [0.29, 0.717) is 27.5 Å². The second-order valence-corrected chi connectivity index (χ2v) is 10.5. The van der Waals surface area contributed by atoms with E-state index in [9.17, 15) is 18.0 Å². The van der Waals surface area contributed by atoms with Crippen molar-refractivity contribution < 1.29 is 17.7 Å². The summed E-state index contributed by atoms with van der Waals surface area (Å²) in [7, 11) is -2.25. The molecule has 2 aromatic heterocycles. The number of anilines is 2. The van der Waals surface area contributed by atoms with Crippen molar-refractivity contribution in [2.45, 2.75) is 29.1 Å². The summed E-state index contributed by atoms with van der Waals surface area (Å²) in [6.07, 6.45) is 0. The van der Waals surface area contributed by atoms with E-state index in [2.05, 4.69) is 20.2 Å². The van der Waals surface area contributed by atoms with Gasteiger partial charge in [0.05, 0.1) is 21.0 Å². The number of aryl methyl sites for hydroxylation is 1. The smallest absolute Gasteiger partial charge is 0.263 e. The van der Waals surface area contributed by atoms with E-state index in [1.165, 1.54) is 34.9 Å². The second kappa shape index (κ2) is 9.31. The summed E-state index contributed by atoms with van der Waals surface area (Å²) >= 11 is 1.16. The van der Waals surface area contributed by atoms with Crippen molar-refractivity contribution >= 4 is 50.1 Å². The zero-order chi connectivity index (χ0) is 24.5. The first kappa shape index (κ1) is 23.5. The Hall–Kier alpha value is -3.64. The second-order valence-electron chi connectivity index (χ2n) is 7.48. The van der Waals surface area contributed by atoms with E-state index in [1.807, 2.05) is 0 Å². The Bertz CT molecular complexity index is 1530. The number of carbonyl (C=O) groups is 1. The van der Waals surface area contributed by atoms with Crippen LogP contribution in [0.3, 0.4) is 0 Å². The molecule has 0 aliphatic rings. The molecule has 10 nitrogen and oxygen atoms in total. The topological polar surface area (TPSA) is 136 Å². The van der Waals surface area contributed by atoms with Gasteiger partial charge in [-0.05, 0) is 50.2 Å². The molecule has 1 unspecified atom stereocenters. The summed E-state index contributed by atoms with van der Waals surface area (Å²) in [4.78, 5) is 29.8. The SMILES string of the molecule is Cc1cc(NS(=O)(=O)c2ccc(NC(=O)C(C)Sc3nc4ccccc4c(=O)n3C)cc2)no1. The Morgan fingerprint density at radius 1 is 1.15 bits per heavy atom. The number of sulfonamides is 1. The van der Waals surface area contributed by atoms with E-state index in [0.717, 1.165) is 11.8 Å². The van der Waals surface area contributed by atoms with Crippen LogP contribution in [0.25, 0.3) is 10.9 Å². The summed E-state index contributed by atoms with van der Waals surface area (Å²) in [6.45, 7) is 3.35. The van der Waals surface area contributed by atoms with E-state index < -0.39 is 15.3 Å². The fourth-order valence-corrected chi connectivity index (χ4v) is 4.95. The molecule has 4 rings (SSSR count). The van der Waals surface area contributed by atoms with Gasteiger partial charge in [0, 0.05) is 18.8 Å². The van der Waals surface area contributed by atoms with Crippen molar-refractivity contribution in [2.24, 2.45) is 7.05 Å². The maximum absolute atomic E-state index is 12.7. The molecule has 2 heterocycles. The lowest BCUT2D eigenvalue weighted by Gasteiger charge is -2.14. The molecule has 2 aromatic carbocycles. The molecule has 0 radical (unpaired) electrons. The van der Waals surface area contributed by atoms with E-state index in [-0.39, 0.29) is 22.2 Å². The van der Waals surface area contributed by atoms with Gasteiger partial charge in [-0.15, -0.1) is 0 Å². The first-order chi connectivity index (χ1) is 16.1. The van der Waals surface area contributed by atoms with Crippen molar-refractivity contribution in [3.05, 3.63) is 70.7 Å². The molecule has 0 saturated heterocycles. The van der Waals surface area contributed by atoms with Crippen LogP contribution in [-0.2, 0) is 21.9 Å². The van der Waals surface area contributed by atoms with Crippen molar-refractivity contribution in [3.63, 3.8) is 0 Å². The first-order valence-corrected chi connectivity index (χ1v) is 12.5. The Morgan fingerprint density at radius 2 is 1.85 bits per heavy atom. The molecular weight excluding hydrogens is 478 g/mol. The minimum atomic E-state index is -3.86. The minimum Gasteiger partial charge on any atom is -0.360 e. The third-order valence-electron chi connectivity index (χ3n) is 4.89. The monoisotopic (exact) mass is 499 g/mol. The van der Waals surface area contributed by atoms with Gasteiger partial charge in [0.25, 0.3) is 15.6 Å². The standard InChI is InChI=1S/C22H21N5O5S2/c1-13-12-19(25-32-13)26-34(30,31)16-10-8-15(9-11-16)23-20(28)14(2)33-22-24-18-7-5-4-6-17(18)21(29)27(22)3/h4-12,14H,1-3H3,(H,23,28)(H,25,26). The molecule has 0 saturated carbocycles. The molecule has 1 atom stereocenters. The van der Waals surface area contributed by atoms with Crippen LogP contribution >= 0.6 is 11.8 Å². The lowest BCUT2D eigenvalue weighted by atomic mass is 10.2. The van der Waals surface area contributed by atoms with Gasteiger partial charge in [0.1, 0.15) is 5.76 Å². The number of thioether (sulfide) groups is 1. The number of hydrogen-bond donors (Lipinski definition) is 2. The molecule has 12 heteroatoms. The predicted molar refractivity (Wildman–Crippen MR) is 129 cm³/mol. The van der Waals surface area contributed by atoms with Crippen molar-refractivity contribution in [1.29, 1.82) is 0 Å². The fraction of sp³-hybridized carbons (Fsp3) is 0.182. The number of carbonyl (C=O) groups excluding carboxylic acids is 1. The minimum absolute atomic E-state index is 0.00365. The van der Waals surface area contributed by atoms with Gasteiger partial charge in [0.2, 0.25) is 5.91 Å². The summed E-state index contributed by atoms with van der Waals surface area (Å²) < 4.78 is 33.6.